The van der Waals surface area contributed by atoms with Crippen LogP contribution in [0.25, 0.3) is 0 Å². The number of nitrogens with one attached hydrogen (secondary N) is 1. The van der Waals surface area contributed by atoms with Crippen LogP contribution in [0.3, 0.4) is 0 Å². The molecule has 1 rings (SSSR count). The number of nitrogen functional groups attached to an aromatic ring is 1. The molecule has 1 heterocycles. The molecule has 13 heavy (non-hydrogen) atoms. The quantitative estimate of drug-likeness (QED) is 0.781. The van der Waals surface area contributed by atoms with E-state index < -0.39 is 0 Å². The molecule has 1 aromatic heterocycles. The Balaban J connectivity index is 2.81. The van der Waals surface area contributed by atoms with E-state index in [0.29, 0.717) is 11.6 Å². The summed E-state index contributed by atoms with van der Waals surface area (Å²) < 4.78 is 9.55. The average Bonchev–Trinajstić information content (AvgIpc) is 2.36. The van der Waals surface area contributed by atoms with Gasteiger partial charge in [0.15, 0.2) is 16.6 Å². The third-order valence-corrected chi connectivity index (χ3v) is 2.17. The third kappa shape index (κ3) is 2.48. The van der Waals surface area contributed by atoms with Gasteiger partial charge in [0.1, 0.15) is 0 Å². The molecule has 1 aromatic rings. The Morgan fingerprint density at radius 3 is 2.85 bits per heavy atom. The Morgan fingerprint density at radius 2 is 2.31 bits per heavy atom. The smallest absolute Gasteiger partial charge is 0.197 e. The molecule has 5 heteroatoms. The predicted octanol–water partition coefficient (Wildman–Crippen LogP) is 1.94. The molecule has 0 atom stereocenters. The monoisotopic (exact) mass is 201 g/mol. The Kier molecular flexibility index (Phi) is 3.36. The van der Waals surface area contributed by atoms with E-state index in [9.17, 15) is 0 Å². The lowest BCUT2D eigenvalue weighted by molar-refractivity contribution is 0.245. The molecule has 0 saturated heterocycles. The summed E-state index contributed by atoms with van der Waals surface area (Å²) in [6, 6.07) is 0. The van der Waals surface area contributed by atoms with Crippen molar-refractivity contribution in [2.24, 2.45) is 0 Å². The number of rotatable bonds is 4. The van der Waals surface area contributed by atoms with Gasteiger partial charge in [0.05, 0.1) is 6.10 Å². The number of hydrogen-bond acceptors (Lipinski definition) is 5. The van der Waals surface area contributed by atoms with E-state index in [-0.39, 0.29) is 6.10 Å². The fourth-order valence-corrected chi connectivity index (χ4v) is 1.63. The Morgan fingerprint density at radius 1 is 1.62 bits per heavy atom. The van der Waals surface area contributed by atoms with Crippen LogP contribution in [0.4, 0.5) is 10.8 Å². The fraction of sp³-hybridized carbons (Fsp3) is 0.625. The summed E-state index contributed by atoms with van der Waals surface area (Å²) in [7, 11) is 0. The van der Waals surface area contributed by atoms with Crippen molar-refractivity contribution in [1.82, 2.24) is 4.37 Å². The molecule has 0 saturated carbocycles. The Hall–Kier alpha value is -0.970. The molecule has 0 bridgehead atoms. The number of ether oxygens (including phenoxy) is 1. The molecule has 0 fully saturated rings. The van der Waals surface area contributed by atoms with Crippen molar-refractivity contribution >= 4 is 22.4 Å². The number of nitrogens with two attached hydrogens (primary N) is 1. The number of aromatic nitrogens is 1. The predicted molar refractivity (Wildman–Crippen MR) is 56.5 cm³/mol. The van der Waals surface area contributed by atoms with E-state index in [1.54, 1.807) is 0 Å². The molecule has 0 aromatic carbocycles. The molecule has 74 valence electrons. The van der Waals surface area contributed by atoms with Crippen molar-refractivity contribution in [3.05, 3.63) is 0 Å². The number of anilines is 2. The van der Waals surface area contributed by atoms with E-state index in [4.69, 9.17) is 10.5 Å². The highest BCUT2D eigenvalue weighted by molar-refractivity contribution is 7.11. The minimum Gasteiger partial charge on any atom is -0.484 e. The van der Waals surface area contributed by atoms with Gasteiger partial charge in [-0.05, 0) is 32.3 Å². The summed E-state index contributed by atoms with van der Waals surface area (Å²) in [6.45, 7) is 6.80. The van der Waals surface area contributed by atoms with Crippen LogP contribution in [0.5, 0.6) is 5.75 Å². The highest BCUT2D eigenvalue weighted by Gasteiger charge is 2.13. The molecular formula is C8H15N3OS. The van der Waals surface area contributed by atoms with Crippen LogP contribution >= 0.6 is 11.5 Å². The molecule has 0 amide bonds. The maximum Gasteiger partial charge on any atom is 0.197 e. The van der Waals surface area contributed by atoms with Crippen LogP contribution < -0.4 is 15.8 Å². The molecule has 4 nitrogen and oxygen atoms in total. The van der Waals surface area contributed by atoms with Gasteiger partial charge >= 0.3 is 0 Å². The second kappa shape index (κ2) is 4.32. The zero-order valence-corrected chi connectivity index (χ0v) is 8.94. The Labute approximate surface area is 82.3 Å². The van der Waals surface area contributed by atoms with Gasteiger partial charge in [0, 0.05) is 6.54 Å². The largest absolute Gasteiger partial charge is 0.484 e. The molecule has 0 radical (unpaired) electrons. The molecule has 0 spiro atoms. The highest BCUT2D eigenvalue weighted by Crippen LogP contribution is 2.35. The maximum atomic E-state index is 5.65. The molecular weight excluding hydrogens is 186 g/mol. The van der Waals surface area contributed by atoms with Crippen molar-refractivity contribution in [3.63, 3.8) is 0 Å². The summed E-state index contributed by atoms with van der Waals surface area (Å²) >= 11 is 1.33. The van der Waals surface area contributed by atoms with Crippen molar-refractivity contribution in [1.29, 1.82) is 0 Å². The maximum absolute atomic E-state index is 5.65. The van der Waals surface area contributed by atoms with Crippen LogP contribution in [0.1, 0.15) is 20.8 Å². The first-order valence-electron chi connectivity index (χ1n) is 4.30. The van der Waals surface area contributed by atoms with Gasteiger partial charge in [-0.3, -0.25) is 0 Å². The number of nitrogens with zero attached hydrogens (tertiary/aromatic N) is 1. The van der Waals surface area contributed by atoms with Crippen LogP contribution in [0.15, 0.2) is 0 Å². The molecule has 0 aliphatic heterocycles. The van der Waals surface area contributed by atoms with Crippen LogP contribution in [0.2, 0.25) is 0 Å². The number of hydrogen-bond donors (Lipinski definition) is 2. The van der Waals surface area contributed by atoms with Crippen molar-refractivity contribution < 1.29 is 4.74 Å². The average molecular weight is 201 g/mol. The van der Waals surface area contributed by atoms with Gasteiger partial charge in [-0.1, -0.05) is 0 Å². The van der Waals surface area contributed by atoms with E-state index in [2.05, 4.69) is 9.69 Å². The second-order valence-electron chi connectivity index (χ2n) is 2.92. The minimum atomic E-state index is 0.121. The summed E-state index contributed by atoms with van der Waals surface area (Å²) in [6.07, 6.45) is 0.121. The lowest BCUT2D eigenvalue weighted by atomic mass is 10.4. The highest BCUT2D eigenvalue weighted by atomic mass is 32.1. The summed E-state index contributed by atoms with van der Waals surface area (Å²) in [5.41, 5.74) is 5.65. The van der Waals surface area contributed by atoms with Gasteiger partial charge < -0.3 is 15.8 Å². The first-order valence-corrected chi connectivity index (χ1v) is 5.08. The van der Waals surface area contributed by atoms with Gasteiger partial charge in [0.2, 0.25) is 0 Å². The summed E-state index contributed by atoms with van der Waals surface area (Å²) in [5, 5.41) is 4.06. The van der Waals surface area contributed by atoms with Crippen LogP contribution in [0, 0.1) is 0 Å². The van der Waals surface area contributed by atoms with Crippen LogP contribution in [-0.4, -0.2) is 17.0 Å². The zero-order chi connectivity index (χ0) is 9.84. The Bertz CT molecular complexity index is 272. The van der Waals surface area contributed by atoms with Crippen molar-refractivity contribution in [2.45, 2.75) is 26.9 Å². The topological polar surface area (TPSA) is 60.2 Å². The lowest BCUT2D eigenvalue weighted by Crippen LogP contribution is -2.08. The van der Waals surface area contributed by atoms with Gasteiger partial charge in [0.25, 0.3) is 0 Å². The first-order chi connectivity index (χ1) is 6.15. The van der Waals surface area contributed by atoms with Crippen molar-refractivity contribution in [2.75, 3.05) is 17.6 Å². The van der Waals surface area contributed by atoms with Crippen molar-refractivity contribution in [3.8, 4) is 5.75 Å². The normalized spacial score (nSPS) is 10.5. The lowest BCUT2D eigenvalue weighted by Gasteiger charge is -2.10. The summed E-state index contributed by atoms with van der Waals surface area (Å²) in [5.74, 6) is 1.15. The fourth-order valence-electron chi connectivity index (χ4n) is 0.917. The van der Waals surface area contributed by atoms with E-state index in [0.717, 1.165) is 11.5 Å². The SMILES string of the molecule is CCNc1snc(N)c1OC(C)C. The summed E-state index contributed by atoms with van der Waals surface area (Å²) in [4.78, 5) is 0. The second-order valence-corrected chi connectivity index (χ2v) is 3.70. The molecule has 0 unspecified atom stereocenters. The molecule has 3 N–H and O–H groups in total. The zero-order valence-electron chi connectivity index (χ0n) is 8.13. The molecule has 0 aliphatic carbocycles. The van der Waals surface area contributed by atoms with Crippen LogP contribution in [-0.2, 0) is 0 Å². The standard InChI is InChI=1S/C8H15N3OS/c1-4-10-8-6(12-5(2)3)7(9)11-13-8/h5,10H,4H2,1-3H3,(H2,9,11). The van der Waals surface area contributed by atoms with Gasteiger partial charge in [-0.2, -0.15) is 4.37 Å². The van der Waals surface area contributed by atoms with E-state index in [1.807, 2.05) is 20.8 Å². The first kappa shape index (κ1) is 10.1. The minimum absolute atomic E-state index is 0.121. The van der Waals surface area contributed by atoms with E-state index >= 15 is 0 Å². The van der Waals surface area contributed by atoms with E-state index in [1.165, 1.54) is 11.5 Å². The third-order valence-electron chi connectivity index (χ3n) is 1.37. The van der Waals surface area contributed by atoms with Gasteiger partial charge in [-0.25, -0.2) is 0 Å². The van der Waals surface area contributed by atoms with Gasteiger partial charge in [-0.15, -0.1) is 0 Å². The molecule has 0 aliphatic rings.